The maximum Gasteiger partial charge on any atom is 0.416 e. The van der Waals surface area contributed by atoms with Crippen molar-refractivity contribution in [2.24, 2.45) is 0 Å². The van der Waals surface area contributed by atoms with Crippen molar-refractivity contribution >= 4 is 5.78 Å². The highest BCUT2D eigenvalue weighted by atomic mass is 19.4. The molecule has 0 saturated carbocycles. The van der Waals surface area contributed by atoms with Crippen molar-refractivity contribution in [2.45, 2.75) is 31.5 Å². The number of allylic oxidation sites excluding steroid dienone is 1. The molecule has 0 fully saturated rings. The van der Waals surface area contributed by atoms with Crippen LogP contribution in [0.1, 0.15) is 24.0 Å². The van der Waals surface area contributed by atoms with Crippen LogP contribution in [0.2, 0.25) is 0 Å². The van der Waals surface area contributed by atoms with Gasteiger partial charge in [0.05, 0.1) is 18.2 Å². The second kappa shape index (κ2) is 5.85. The molecule has 122 valence electrons. The third-order valence-corrected chi connectivity index (χ3v) is 4.24. The molecule has 3 nitrogen and oxygen atoms in total. The number of benzene rings is 1. The summed E-state index contributed by atoms with van der Waals surface area (Å²) in [4.78, 5) is 12.4. The average molecular weight is 323 g/mol. The second-order valence-electron chi connectivity index (χ2n) is 5.81. The highest BCUT2D eigenvalue weighted by molar-refractivity contribution is 6.03. The number of hydrogen-bond donors (Lipinski definition) is 2. The predicted octanol–water partition coefficient (Wildman–Crippen LogP) is 2.76. The molecule has 0 amide bonds. The minimum atomic E-state index is -4.36. The second-order valence-corrected chi connectivity index (χ2v) is 5.81. The van der Waals surface area contributed by atoms with Gasteiger partial charge in [0.2, 0.25) is 0 Å². The highest BCUT2D eigenvalue weighted by Crippen LogP contribution is 2.31. The van der Waals surface area contributed by atoms with E-state index < -0.39 is 17.8 Å². The Bertz CT molecular complexity index is 687. The number of carbonyl (C=O) groups is 1. The molecule has 1 aliphatic carbocycles. The Morgan fingerprint density at radius 2 is 1.87 bits per heavy atom. The molecule has 1 unspecified atom stereocenters. The van der Waals surface area contributed by atoms with E-state index in [1.807, 2.05) is 0 Å². The van der Waals surface area contributed by atoms with Gasteiger partial charge in [0.15, 0.2) is 5.78 Å². The number of aliphatic hydroxyl groups is 1. The summed E-state index contributed by atoms with van der Waals surface area (Å²) in [5, 5.41) is 12.3. The van der Waals surface area contributed by atoms with E-state index in [2.05, 4.69) is 5.32 Å². The van der Waals surface area contributed by atoms with E-state index in [-0.39, 0.29) is 12.4 Å². The van der Waals surface area contributed by atoms with Crippen LogP contribution in [0, 0.1) is 0 Å². The zero-order valence-electron chi connectivity index (χ0n) is 12.3. The summed E-state index contributed by atoms with van der Waals surface area (Å²) in [5.41, 5.74) is 2.32. The van der Waals surface area contributed by atoms with Gasteiger partial charge in [-0.05, 0) is 42.2 Å². The Labute approximate surface area is 131 Å². The summed E-state index contributed by atoms with van der Waals surface area (Å²) >= 11 is 0. The smallest absolute Gasteiger partial charge is 0.392 e. The maximum absolute atomic E-state index is 12.6. The van der Waals surface area contributed by atoms with Gasteiger partial charge in [0, 0.05) is 17.7 Å². The third kappa shape index (κ3) is 3.17. The third-order valence-electron chi connectivity index (χ3n) is 4.24. The molecule has 2 aliphatic rings. The van der Waals surface area contributed by atoms with Crippen LogP contribution in [0.5, 0.6) is 0 Å². The molecule has 23 heavy (non-hydrogen) atoms. The maximum atomic E-state index is 12.6. The summed E-state index contributed by atoms with van der Waals surface area (Å²) in [6.45, 7) is -0.0315. The Balaban J connectivity index is 1.71. The van der Waals surface area contributed by atoms with Crippen molar-refractivity contribution < 1.29 is 23.1 Å². The number of halogens is 3. The van der Waals surface area contributed by atoms with Crippen molar-refractivity contribution in [1.82, 2.24) is 5.32 Å². The van der Waals surface area contributed by atoms with E-state index in [0.29, 0.717) is 24.8 Å². The van der Waals surface area contributed by atoms with Gasteiger partial charge in [-0.25, -0.2) is 0 Å². The van der Waals surface area contributed by atoms with E-state index in [9.17, 15) is 23.1 Å². The number of alkyl halides is 3. The van der Waals surface area contributed by atoms with Crippen LogP contribution >= 0.6 is 0 Å². The number of carbonyl (C=O) groups excluding carboxylic acids is 1. The van der Waals surface area contributed by atoms with Gasteiger partial charge in [-0.1, -0.05) is 12.1 Å². The van der Waals surface area contributed by atoms with Crippen LogP contribution in [0.4, 0.5) is 13.2 Å². The number of hydrogen-bond acceptors (Lipinski definition) is 3. The van der Waals surface area contributed by atoms with Gasteiger partial charge in [0.1, 0.15) is 0 Å². The largest absolute Gasteiger partial charge is 0.416 e. The Kier molecular flexibility index (Phi) is 4.02. The van der Waals surface area contributed by atoms with Crippen LogP contribution in [-0.4, -0.2) is 23.5 Å². The van der Waals surface area contributed by atoms with Crippen molar-refractivity contribution in [2.75, 3.05) is 6.61 Å². The van der Waals surface area contributed by atoms with Crippen molar-refractivity contribution in [1.29, 1.82) is 0 Å². The van der Waals surface area contributed by atoms with E-state index in [1.165, 1.54) is 12.1 Å². The topological polar surface area (TPSA) is 49.3 Å². The lowest BCUT2D eigenvalue weighted by Crippen LogP contribution is -2.31. The van der Waals surface area contributed by atoms with Crippen molar-refractivity contribution in [3.63, 3.8) is 0 Å². The fourth-order valence-corrected chi connectivity index (χ4v) is 2.97. The molecular formula is C17H16F3NO2. The standard InChI is InChI=1S/C17H16F3NO2/c18-17(19,20)12-4-1-10(2-5-12)7-15-16(23)13-6-3-11(9-22)8-14(13)21-15/h1-2,4-5,8,15,21-22H,3,6-7,9H2. The van der Waals surface area contributed by atoms with E-state index >= 15 is 0 Å². The molecule has 1 aliphatic heterocycles. The quantitative estimate of drug-likeness (QED) is 0.899. The number of rotatable bonds is 3. The van der Waals surface area contributed by atoms with Crippen molar-refractivity contribution in [3.05, 3.63) is 58.3 Å². The zero-order valence-corrected chi connectivity index (χ0v) is 12.3. The zero-order chi connectivity index (χ0) is 16.6. The summed E-state index contributed by atoms with van der Waals surface area (Å²) in [6.07, 6.45) is -0.964. The lowest BCUT2D eigenvalue weighted by Gasteiger charge is -2.13. The molecule has 1 heterocycles. The first kappa shape index (κ1) is 15.8. The summed E-state index contributed by atoms with van der Waals surface area (Å²) in [7, 11) is 0. The molecule has 0 saturated heterocycles. The Morgan fingerprint density at radius 1 is 1.17 bits per heavy atom. The summed E-state index contributed by atoms with van der Waals surface area (Å²) in [5.74, 6) is -0.00635. The van der Waals surface area contributed by atoms with E-state index in [1.54, 1.807) is 6.08 Å². The molecule has 0 bridgehead atoms. The van der Waals surface area contributed by atoms with E-state index in [0.717, 1.165) is 29.0 Å². The fourth-order valence-electron chi connectivity index (χ4n) is 2.97. The van der Waals surface area contributed by atoms with Gasteiger partial charge in [-0.15, -0.1) is 0 Å². The van der Waals surface area contributed by atoms with Gasteiger partial charge in [-0.3, -0.25) is 4.79 Å². The molecule has 0 radical (unpaired) electrons. The fraction of sp³-hybridized carbons (Fsp3) is 0.353. The highest BCUT2D eigenvalue weighted by Gasteiger charge is 2.34. The molecule has 1 aromatic carbocycles. The lowest BCUT2D eigenvalue weighted by atomic mass is 9.93. The molecule has 6 heteroatoms. The van der Waals surface area contributed by atoms with Crippen LogP contribution < -0.4 is 5.32 Å². The molecule has 1 aromatic rings. The summed E-state index contributed by atoms with van der Waals surface area (Å²) < 4.78 is 37.7. The van der Waals surface area contributed by atoms with Gasteiger partial charge in [-0.2, -0.15) is 13.2 Å². The molecule has 3 rings (SSSR count). The number of ketones is 1. The Hall–Kier alpha value is -2.08. The minimum Gasteiger partial charge on any atom is -0.392 e. The molecule has 0 aromatic heterocycles. The molecule has 0 spiro atoms. The first-order valence-corrected chi connectivity index (χ1v) is 7.39. The predicted molar refractivity (Wildman–Crippen MR) is 78.5 cm³/mol. The minimum absolute atomic E-state index is 0.00635. The van der Waals surface area contributed by atoms with Gasteiger partial charge in [0.25, 0.3) is 0 Å². The van der Waals surface area contributed by atoms with E-state index in [4.69, 9.17) is 0 Å². The number of aliphatic hydroxyl groups excluding tert-OH is 1. The van der Waals surface area contributed by atoms with Crippen LogP contribution in [0.15, 0.2) is 47.2 Å². The van der Waals surface area contributed by atoms with Crippen molar-refractivity contribution in [3.8, 4) is 0 Å². The van der Waals surface area contributed by atoms with Gasteiger partial charge < -0.3 is 10.4 Å². The van der Waals surface area contributed by atoms with Gasteiger partial charge >= 0.3 is 6.18 Å². The van der Waals surface area contributed by atoms with Crippen LogP contribution in [0.25, 0.3) is 0 Å². The Morgan fingerprint density at radius 3 is 2.48 bits per heavy atom. The SMILES string of the molecule is O=C1C2=C(C=C(CO)CC2)NC1Cc1ccc(C(F)(F)F)cc1. The molecule has 2 N–H and O–H groups in total. The lowest BCUT2D eigenvalue weighted by molar-refractivity contribution is -0.137. The average Bonchev–Trinajstić information content (AvgIpc) is 2.82. The monoisotopic (exact) mass is 323 g/mol. The first-order chi connectivity index (χ1) is 10.9. The molecule has 1 atom stereocenters. The first-order valence-electron chi connectivity index (χ1n) is 7.39. The number of Topliss-reactive ketones (excluding diaryl/α,β-unsaturated/α-hetero) is 1. The summed E-state index contributed by atoms with van der Waals surface area (Å²) in [6, 6.07) is 4.43. The van der Waals surface area contributed by atoms with Crippen LogP contribution in [-0.2, 0) is 17.4 Å². The van der Waals surface area contributed by atoms with Crippen LogP contribution in [0.3, 0.4) is 0 Å². The normalized spacial score (nSPS) is 21.1. The number of nitrogens with one attached hydrogen (secondary N) is 1. The molecular weight excluding hydrogens is 307 g/mol.